The number of fused-ring (bicyclic) bond motifs is 2. The number of nitrogens with zero attached hydrogens (tertiary/aromatic N) is 3. The van der Waals surface area contributed by atoms with Gasteiger partial charge in [-0.15, -0.1) is 6.42 Å². The predicted octanol–water partition coefficient (Wildman–Crippen LogP) is 4.28. The standard InChI is InChI=1S/C19H15FN2O4.C11H8ClNO3/c1-2-7-21-15-9-14(13(20)8-16(15)26-10-17(21)23)22-18(24)11-5-3-4-6-12(11)19(22)25;12-8-3-4-9(16-6-10(14)15)11-7(8)2-1-5-13-11/h1,8-9H,3-7,10H2;1-5H,6H2,(H,14,15). The van der Waals surface area contributed by atoms with Gasteiger partial charge >= 0.3 is 5.97 Å². The SMILES string of the molecule is C#CCN1C(=O)COc2cc(F)c(N3C(=O)C4=C(CCCC4)C3=O)cc21.O=C(O)COc1ccc(Cl)c2cccnc12. The number of aromatic nitrogens is 1. The van der Waals surface area contributed by atoms with E-state index >= 15 is 0 Å². The first kappa shape index (κ1) is 28.6. The third-order valence-corrected chi connectivity index (χ3v) is 7.21. The summed E-state index contributed by atoms with van der Waals surface area (Å²) < 4.78 is 25.1. The van der Waals surface area contributed by atoms with E-state index in [2.05, 4.69) is 10.9 Å². The number of carboxylic acids is 1. The predicted molar refractivity (Wildman–Crippen MR) is 151 cm³/mol. The Morgan fingerprint density at radius 3 is 2.50 bits per heavy atom. The minimum atomic E-state index is -1.03. The normalized spacial score (nSPS) is 15.9. The number of anilines is 2. The molecular formula is C30H23ClFN3O7. The maximum absolute atomic E-state index is 14.7. The van der Waals surface area contributed by atoms with Crippen LogP contribution in [-0.4, -0.2) is 53.5 Å². The molecule has 0 radical (unpaired) electrons. The minimum Gasteiger partial charge on any atom is -0.481 e. The van der Waals surface area contributed by atoms with Crippen molar-refractivity contribution >= 4 is 57.6 Å². The highest BCUT2D eigenvalue weighted by Crippen LogP contribution is 2.41. The van der Waals surface area contributed by atoms with Crippen LogP contribution >= 0.6 is 11.6 Å². The molecule has 2 aliphatic heterocycles. The number of terminal acetylenes is 1. The molecule has 3 aromatic rings. The van der Waals surface area contributed by atoms with Crippen molar-refractivity contribution in [2.75, 3.05) is 29.6 Å². The summed E-state index contributed by atoms with van der Waals surface area (Å²) in [6.07, 6.45) is 9.61. The smallest absolute Gasteiger partial charge is 0.341 e. The molecule has 0 saturated heterocycles. The molecule has 0 bridgehead atoms. The lowest BCUT2D eigenvalue weighted by Gasteiger charge is -2.29. The summed E-state index contributed by atoms with van der Waals surface area (Å²) in [6.45, 7) is -0.658. The fourth-order valence-electron chi connectivity index (χ4n) is 4.97. The van der Waals surface area contributed by atoms with E-state index in [1.165, 1.54) is 11.0 Å². The molecule has 6 rings (SSSR count). The van der Waals surface area contributed by atoms with Crippen molar-refractivity contribution in [1.82, 2.24) is 4.98 Å². The summed E-state index contributed by atoms with van der Waals surface area (Å²) in [5, 5.41) is 9.83. The molecule has 42 heavy (non-hydrogen) atoms. The van der Waals surface area contributed by atoms with E-state index in [9.17, 15) is 23.6 Å². The number of carboxylic acid groups (broad SMARTS) is 1. The first-order valence-electron chi connectivity index (χ1n) is 12.9. The maximum Gasteiger partial charge on any atom is 0.341 e. The van der Waals surface area contributed by atoms with Crippen LogP contribution in [-0.2, 0) is 19.2 Å². The van der Waals surface area contributed by atoms with Gasteiger partial charge in [-0.25, -0.2) is 14.1 Å². The number of ether oxygens (including phenoxy) is 2. The highest BCUT2D eigenvalue weighted by molar-refractivity contribution is 6.35. The molecule has 10 nitrogen and oxygen atoms in total. The van der Waals surface area contributed by atoms with Crippen molar-refractivity contribution in [3.63, 3.8) is 0 Å². The Balaban J connectivity index is 0.000000189. The molecule has 1 aliphatic carbocycles. The molecule has 0 spiro atoms. The van der Waals surface area contributed by atoms with Crippen LogP contribution in [0.25, 0.3) is 10.9 Å². The Bertz CT molecular complexity index is 1690. The van der Waals surface area contributed by atoms with Gasteiger partial charge in [0.2, 0.25) is 0 Å². The van der Waals surface area contributed by atoms with E-state index in [0.717, 1.165) is 29.2 Å². The zero-order valence-corrected chi connectivity index (χ0v) is 22.8. The number of benzene rings is 2. The first-order valence-corrected chi connectivity index (χ1v) is 13.3. The molecule has 0 fully saturated rings. The number of hydrogen-bond acceptors (Lipinski definition) is 7. The van der Waals surface area contributed by atoms with Gasteiger partial charge in [0.1, 0.15) is 17.0 Å². The molecule has 0 unspecified atom stereocenters. The molecule has 2 aromatic carbocycles. The van der Waals surface area contributed by atoms with Gasteiger partial charge in [-0.3, -0.25) is 24.3 Å². The highest BCUT2D eigenvalue weighted by atomic mass is 35.5. The third-order valence-electron chi connectivity index (χ3n) is 6.88. The van der Waals surface area contributed by atoms with Gasteiger partial charge in [-0.2, -0.15) is 0 Å². The number of rotatable bonds is 5. The van der Waals surface area contributed by atoms with E-state index in [4.69, 9.17) is 32.6 Å². The number of amides is 3. The molecule has 3 aliphatic rings. The summed E-state index contributed by atoms with van der Waals surface area (Å²) in [7, 11) is 0. The van der Waals surface area contributed by atoms with Crippen molar-refractivity contribution in [2.24, 2.45) is 0 Å². The Morgan fingerprint density at radius 2 is 1.83 bits per heavy atom. The zero-order chi connectivity index (χ0) is 30.0. The summed E-state index contributed by atoms with van der Waals surface area (Å²) in [5.41, 5.74) is 1.56. The number of imide groups is 1. The highest BCUT2D eigenvalue weighted by Gasteiger charge is 2.41. The van der Waals surface area contributed by atoms with Crippen molar-refractivity contribution in [3.05, 3.63) is 64.6 Å². The second-order valence-corrected chi connectivity index (χ2v) is 9.89. The second kappa shape index (κ2) is 11.9. The van der Waals surface area contributed by atoms with Crippen molar-refractivity contribution in [3.8, 4) is 23.8 Å². The fourth-order valence-corrected chi connectivity index (χ4v) is 5.19. The Morgan fingerprint density at radius 1 is 1.12 bits per heavy atom. The monoisotopic (exact) mass is 591 g/mol. The van der Waals surface area contributed by atoms with Crippen LogP contribution in [0.2, 0.25) is 5.02 Å². The average molecular weight is 592 g/mol. The van der Waals surface area contributed by atoms with Crippen LogP contribution in [0.15, 0.2) is 53.7 Å². The van der Waals surface area contributed by atoms with E-state index in [1.54, 1.807) is 30.5 Å². The molecule has 1 N–H and O–H groups in total. The van der Waals surface area contributed by atoms with Gasteiger partial charge in [-0.1, -0.05) is 17.5 Å². The average Bonchev–Trinajstić information content (AvgIpc) is 3.24. The summed E-state index contributed by atoms with van der Waals surface area (Å²) >= 11 is 5.98. The van der Waals surface area contributed by atoms with E-state index in [1.807, 2.05) is 0 Å². The van der Waals surface area contributed by atoms with E-state index in [0.29, 0.717) is 40.3 Å². The molecule has 3 heterocycles. The first-order chi connectivity index (χ1) is 20.2. The largest absolute Gasteiger partial charge is 0.481 e. The molecule has 0 atom stereocenters. The Kier molecular flexibility index (Phi) is 8.08. The van der Waals surface area contributed by atoms with Gasteiger partial charge in [0, 0.05) is 28.8 Å². The van der Waals surface area contributed by atoms with Gasteiger partial charge in [0.05, 0.1) is 22.9 Å². The molecule has 214 valence electrons. The Labute approximate surface area is 244 Å². The number of halogens is 2. The summed E-state index contributed by atoms with van der Waals surface area (Å²) in [6, 6.07) is 9.20. The third kappa shape index (κ3) is 5.36. The van der Waals surface area contributed by atoms with Crippen LogP contribution in [0, 0.1) is 18.2 Å². The van der Waals surface area contributed by atoms with E-state index in [-0.39, 0.29) is 36.2 Å². The zero-order valence-electron chi connectivity index (χ0n) is 22.1. The van der Waals surface area contributed by atoms with Crippen molar-refractivity contribution in [2.45, 2.75) is 25.7 Å². The van der Waals surface area contributed by atoms with Gasteiger partial charge in [0.15, 0.2) is 19.0 Å². The molecule has 12 heteroatoms. The van der Waals surface area contributed by atoms with Crippen LogP contribution in [0.5, 0.6) is 11.5 Å². The molecular weight excluding hydrogens is 569 g/mol. The minimum absolute atomic E-state index is 0.0170. The van der Waals surface area contributed by atoms with Crippen molar-refractivity contribution < 1.29 is 38.1 Å². The molecule has 3 amide bonds. The lowest BCUT2D eigenvalue weighted by Crippen LogP contribution is -2.39. The van der Waals surface area contributed by atoms with Crippen molar-refractivity contribution in [1.29, 1.82) is 0 Å². The lowest BCUT2D eigenvalue weighted by atomic mass is 9.93. The second-order valence-electron chi connectivity index (χ2n) is 9.48. The number of hydrogen-bond donors (Lipinski definition) is 1. The van der Waals surface area contributed by atoms with E-state index < -0.39 is 30.2 Å². The van der Waals surface area contributed by atoms with Crippen LogP contribution < -0.4 is 19.3 Å². The number of carbonyl (C=O) groups is 4. The Hall–Kier alpha value is -4.95. The quantitative estimate of drug-likeness (QED) is 0.344. The summed E-state index contributed by atoms with van der Waals surface area (Å²) in [5.74, 6) is -0.204. The number of pyridine rings is 1. The summed E-state index contributed by atoms with van der Waals surface area (Å²) in [4.78, 5) is 54.1. The molecule has 0 saturated carbocycles. The van der Waals surface area contributed by atoms with Crippen LogP contribution in [0.3, 0.4) is 0 Å². The lowest BCUT2D eigenvalue weighted by molar-refractivity contribution is -0.139. The fraction of sp³-hybridized carbons (Fsp3) is 0.233. The topological polar surface area (TPSA) is 126 Å². The maximum atomic E-state index is 14.7. The van der Waals surface area contributed by atoms with Gasteiger partial charge < -0.3 is 14.6 Å². The van der Waals surface area contributed by atoms with Gasteiger partial charge in [-0.05, 0) is 56.0 Å². The van der Waals surface area contributed by atoms with Gasteiger partial charge in [0.25, 0.3) is 17.7 Å². The van der Waals surface area contributed by atoms with Crippen LogP contribution in [0.1, 0.15) is 25.7 Å². The number of aliphatic carboxylic acids is 1. The number of carbonyl (C=O) groups excluding carboxylic acids is 3. The van der Waals surface area contributed by atoms with Crippen LogP contribution in [0.4, 0.5) is 15.8 Å². The molecule has 1 aromatic heterocycles.